The highest BCUT2D eigenvalue weighted by Gasteiger charge is 2.22. The highest BCUT2D eigenvalue weighted by molar-refractivity contribution is 5.29. The molecule has 1 saturated carbocycles. The molecule has 17 heavy (non-hydrogen) atoms. The maximum absolute atomic E-state index is 11.5. The molecule has 0 spiro atoms. The van der Waals surface area contributed by atoms with E-state index < -0.39 is 0 Å². The summed E-state index contributed by atoms with van der Waals surface area (Å²) in [5.74, 6) is 1.23. The van der Waals surface area contributed by atoms with Gasteiger partial charge in [-0.05, 0) is 31.6 Å². The van der Waals surface area contributed by atoms with Gasteiger partial charge in [-0.3, -0.25) is 4.79 Å². The first-order chi connectivity index (χ1) is 8.20. The maximum Gasteiger partial charge on any atom is 0.297 e. The molecule has 1 heterocycles. The fourth-order valence-corrected chi connectivity index (χ4v) is 2.14. The minimum absolute atomic E-state index is 0.148. The molecule has 2 rings (SSSR count). The molecule has 0 saturated heterocycles. The Hall–Kier alpha value is -1.52. The fourth-order valence-electron chi connectivity index (χ4n) is 2.14. The van der Waals surface area contributed by atoms with Gasteiger partial charge < -0.3 is 14.5 Å². The van der Waals surface area contributed by atoms with Gasteiger partial charge in [-0.2, -0.15) is 0 Å². The summed E-state index contributed by atoms with van der Waals surface area (Å²) in [5.41, 5.74) is -0.304. The summed E-state index contributed by atoms with van der Waals surface area (Å²) < 4.78 is 10.8. The monoisotopic (exact) mass is 238 g/mol. The SMILES string of the molecule is COc1c(OC2CCC(C)CC2)nc[nH]c1=O. The third-order valence-corrected chi connectivity index (χ3v) is 3.22. The Balaban J connectivity index is 2.08. The maximum atomic E-state index is 11.5. The molecule has 1 aromatic heterocycles. The molecule has 5 nitrogen and oxygen atoms in total. The van der Waals surface area contributed by atoms with Crippen LogP contribution in [0.4, 0.5) is 0 Å². The Morgan fingerprint density at radius 3 is 2.71 bits per heavy atom. The van der Waals surface area contributed by atoms with Gasteiger partial charge in [0, 0.05) is 0 Å². The van der Waals surface area contributed by atoms with Crippen LogP contribution in [0.5, 0.6) is 11.6 Å². The molecular weight excluding hydrogens is 220 g/mol. The van der Waals surface area contributed by atoms with Gasteiger partial charge >= 0.3 is 0 Å². The molecule has 1 aromatic rings. The minimum atomic E-state index is -0.304. The van der Waals surface area contributed by atoms with E-state index >= 15 is 0 Å². The number of nitrogens with one attached hydrogen (secondary N) is 1. The summed E-state index contributed by atoms with van der Waals surface area (Å²) >= 11 is 0. The summed E-state index contributed by atoms with van der Waals surface area (Å²) in [7, 11) is 1.45. The van der Waals surface area contributed by atoms with Crippen molar-refractivity contribution >= 4 is 0 Å². The smallest absolute Gasteiger partial charge is 0.297 e. The average Bonchev–Trinajstić information content (AvgIpc) is 2.32. The molecule has 0 radical (unpaired) electrons. The Morgan fingerprint density at radius 2 is 2.06 bits per heavy atom. The normalized spacial score (nSPS) is 24.4. The van der Waals surface area contributed by atoms with Crippen molar-refractivity contribution in [3.63, 3.8) is 0 Å². The number of methoxy groups -OCH3 is 1. The Labute approximate surface area is 100 Å². The molecule has 1 aliphatic rings. The minimum Gasteiger partial charge on any atom is -0.487 e. The van der Waals surface area contributed by atoms with Crippen LogP contribution in [0.15, 0.2) is 11.1 Å². The average molecular weight is 238 g/mol. The first kappa shape index (κ1) is 12.0. The van der Waals surface area contributed by atoms with Crippen LogP contribution in [0.2, 0.25) is 0 Å². The second-order valence-electron chi connectivity index (χ2n) is 4.57. The number of rotatable bonds is 3. The van der Waals surface area contributed by atoms with E-state index in [1.54, 1.807) is 0 Å². The van der Waals surface area contributed by atoms with Gasteiger partial charge in [0.1, 0.15) is 6.10 Å². The van der Waals surface area contributed by atoms with Crippen LogP contribution in [0.3, 0.4) is 0 Å². The van der Waals surface area contributed by atoms with Crippen molar-refractivity contribution in [3.8, 4) is 11.6 Å². The lowest BCUT2D eigenvalue weighted by atomic mass is 9.89. The lowest BCUT2D eigenvalue weighted by Gasteiger charge is -2.26. The molecule has 0 bridgehead atoms. The first-order valence-electron chi connectivity index (χ1n) is 5.99. The summed E-state index contributed by atoms with van der Waals surface area (Å²) in [6.07, 6.45) is 5.84. The Morgan fingerprint density at radius 1 is 1.35 bits per heavy atom. The van der Waals surface area contributed by atoms with Crippen molar-refractivity contribution in [3.05, 3.63) is 16.7 Å². The largest absolute Gasteiger partial charge is 0.487 e. The Bertz CT molecular complexity index is 422. The Kier molecular flexibility index (Phi) is 3.66. The van der Waals surface area contributed by atoms with E-state index in [2.05, 4.69) is 16.9 Å². The number of nitrogens with zero attached hydrogens (tertiary/aromatic N) is 1. The predicted octanol–water partition coefficient (Wildman–Crippen LogP) is 1.74. The zero-order chi connectivity index (χ0) is 12.3. The van der Waals surface area contributed by atoms with Crippen LogP contribution in [0.25, 0.3) is 0 Å². The molecule has 1 aliphatic carbocycles. The number of hydrogen-bond acceptors (Lipinski definition) is 4. The lowest BCUT2D eigenvalue weighted by molar-refractivity contribution is 0.125. The number of hydrogen-bond donors (Lipinski definition) is 1. The summed E-state index contributed by atoms with van der Waals surface area (Å²) in [5, 5.41) is 0. The molecule has 0 aliphatic heterocycles. The second-order valence-corrected chi connectivity index (χ2v) is 4.57. The molecule has 1 N–H and O–H groups in total. The summed E-state index contributed by atoms with van der Waals surface area (Å²) in [6.45, 7) is 2.25. The van der Waals surface area contributed by atoms with E-state index in [1.165, 1.54) is 13.4 Å². The van der Waals surface area contributed by atoms with Crippen molar-refractivity contribution in [1.82, 2.24) is 9.97 Å². The van der Waals surface area contributed by atoms with Gasteiger partial charge in [-0.1, -0.05) is 6.92 Å². The molecule has 1 fully saturated rings. The third-order valence-electron chi connectivity index (χ3n) is 3.22. The molecule has 0 aromatic carbocycles. The quantitative estimate of drug-likeness (QED) is 0.871. The van der Waals surface area contributed by atoms with Crippen LogP contribution < -0.4 is 15.0 Å². The van der Waals surface area contributed by atoms with Crippen LogP contribution in [-0.4, -0.2) is 23.2 Å². The fraction of sp³-hybridized carbons (Fsp3) is 0.667. The molecule has 0 amide bonds. The molecule has 0 atom stereocenters. The van der Waals surface area contributed by atoms with Crippen LogP contribution >= 0.6 is 0 Å². The van der Waals surface area contributed by atoms with E-state index in [-0.39, 0.29) is 17.4 Å². The number of aromatic nitrogens is 2. The van der Waals surface area contributed by atoms with Gasteiger partial charge in [0.15, 0.2) is 0 Å². The molecule has 0 unspecified atom stereocenters. The molecular formula is C12H18N2O3. The second kappa shape index (κ2) is 5.21. The topological polar surface area (TPSA) is 64.2 Å². The van der Waals surface area contributed by atoms with Crippen LogP contribution in [0.1, 0.15) is 32.6 Å². The number of ether oxygens (including phenoxy) is 2. The number of aromatic amines is 1. The highest BCUT2D eigenvalue weighted by atomic mass is 16.5. The summed E-state index contributed by atoms with van der Waals surface area (Å²) in [6, 6.07) is 0. The lowest BCUT2D eigenvalue weighted by Crippen LogP contribution is -2.24. The van der Waals surface area contributed by atoms with E-state index in [0.29, 0.717) is 5.88 Å². The zero-order valence-electron chi connectivity index (χ0n) is 10.2. The van der Waals surface area contributed by atoms with E-state index in [9.17, 15) is 4.79 Å². The zero-order valence-corrected chi connectivity index (χ0v) is 10.2. The number of H-pyrrole nitrogens is 1. The van der Waals surface area contributed by atoms with E-state index in [0.717, 1.165) is 31.6 Å². The van der Waals surface area contributed by atoms with Crippen molar-refractivity contribution in [2.24, 2.45) is 5.92 Å². The standard InChI is InChI=1S/C12H18N2O3/c1-8-3-5-9(6-4-8)17-12-10(16-2)11(15)13-7-14-12/h7-9H,3-6H2,1-2H3,(H,13,14,15). The van der Waals surface area contributed by atoms with E-state index in [4.69, 9.17) is 9.47 Å². The van der Waals surface area contributed by atoms with E-state index in [1.807, 2.05) is 0 Å². The van der Waals surface area contributed by atoms with Crippen LogP contribution in [0, 0.1) is 5.92 Å². The molecule has 94 valence electrons. The van der Waals surface area contributed by atoms with Gasteiger partial charge in [0.25, 0.3) is 11.4 Å². The van der Waals surface area contributed by atoms with Crippen LogP contribution in [-0.2, 0) is 0 Å². The van der Waals surface area contributed by atoms with Crippen molar-refractivity contribution in [1.29, 1.82) is 0 Å². The van der Waals surface area contributed by atoms with Gasteiger partial charge in [-0.25, -0.2) is 4.98 Å². The van der Waals surface area contributed by atoms with Crippen molar-refractivity contribution in [2.75, 3.05) is 7.11 Å². The van der Waals surface area contributed by atoms with Gasteiger partial charge in [-0.15, -0.1) is 0 Å². The first-order valence-corrected chi connectivity index (χ1v) is 5.99. The van der Waals surface area contributed by atoms with Crippen molar-refractivity contribution < 1.29 is 9.47 Å². The summed E-state index contributed by atoms with van der Waals surface area (Å²) in [4.78, 5) is 17.9. The van der Waals surface area contributed by atoms with Gasteiger partial charge in [0.2, 0.25) is 5.75 Å². The van der Waals surface area contributed by atoms with Crippen molar-refractivity contribution in [2.45, 2.75) is 38.7 Å². The molecule has 5 heteroatoms. The highest BCUT2D eigenvalue weighted by Crippen LogP contribution is 2.28. The van der Waals surface area contributed by atoms with Gasteiger partial charge in [0.05, 0.1) is 13.4 Å². The predicted molar refractivity (Wildman–Crippen MR) is 63.5 cm³/mol. The third kappa shape index (κ3) is 2.78.